The highest BCUT2D eigenvalue weighted by Gasteiger charge is 2.49. The molecule has 1 heterocycles. The van der Waals surface area contributed by atoms with Gasteiger partial charge >= 0.3 is 5.97 Å². The Morgan fingerprint density at radius 1 is 1.22 bits per heavy atom. The molecule has 1 aliphatic carbocycles. The lowest BCUT2D eigenvalue weighted by atomic mass is 9.69. The number of ether oxygens (including phenoxy) is 3. The highest BCUT2D eigenvalue weighted by Crippen LogP contribution is 2.59. The molecule has 0 spiro atoms. The Hall–Kier alpha value is -2.64. The molecule has 2 aromatic rings. The number of allylic oxidation sites excluding steroid dienone is 1. The normalized spacial score (nSPS) is 25.8. The molecule has 2 aliphatic rings. The molecule has 0 radical (unpaired) electrons. The fourth-order valence-corrected chi connectivity index (χ4v) is 7.41. The first-order chi connectivity index (χ1) is 15.4. The summed E-state index contributed by atoms with van der Waals surface area (Å²) < 4.78 is 36.1. The van der Waals surface area contributed by atoms with E-state index in [1.54, 1.807) is 21.1 Å². The number of esters is 1. The van der Waals surface area contributed by atoms with Crippen molar-refractivity contribution >= 4 is 21.8 Å². The van der Waals surface area contributed by atoms with E-state index in [1.165, 1.54) is 0 Å². The number of rotatable bonds is 6. The molecule has 0 saturated heterocycles. The van der Waals surface area contributed by atoms with Gasteiger partial charge in [-0.3, -0.25) is 4.79 Å². The van der Waals surface area contributed by atoms with Gasteiger partial charge in [0, 0.05) is 28.5 Å². The van der Waals surface area contributed by atoms with Crippen LogP contribution in [0.15, 0.2) is 52.2 Å². The predicted molar refractivity (Wildman–Crippen MR) is 125 cm³/mol. The van der Waals surface area contributed by atoms with Crippen LogP contribution in [-0.2, 0) is 19.6 Å². The SMILES string of the molecule is C=C[C@@H]1C[C@@H](C(=O)OCC)[C@@H]2C[S+]([O-])(c3ccccc3)=Nc3c(OC)c(C)c(OC)c1c32. The maximum absolute atomic E-state index is 14.3. The van der Waals surface area contributed by atoms with Crippen LogP contribution in [-0.4, -0.2) is 37.1 Å². The molecule has 2 aromatic carbocycles. The van der Waals surface area contributed by atoms with E-state index in [9.17, 15) is 9.35 Å². The van der Waals surface area contributed by atoms with Gasteiger partial charge in [-0.1, -0.05) is 28.6 Å². The molecule has 0 N–H and O–H groups in total. The van der Waals surface area contributed by atoms with E-state index in [0.29, 0.717) is 35.1 Å². The molecule has 0 bridgehead atoms. The summed E-state index contributed by atoms with van der Waals surface area (Å²) in [6, 6.07) is 9.25. The molecule has 32 heavy (non-hydrogen) atoms. The van der Waals surface area contributed by atoms with Crippen LogP contribution in [0.1, 0.15) is 41.9 Å². The summed E-state index contributed by atoms with van der Waals surface area (Å²) in [5.74, 6) is 0.290. The number of benzene rings is 2. The Morgan fingerprint density at radius 2 is 1.91 bits per heavy atom. The molecule has 0 saturated carbocycles. The Balaban J connectivity index is 2.08. The van der Waals surface area contributed by atoms with Crippen LogP contribution in [0.25, 0.3) is 0 Å². The molecule has 0 aromatic heterocycles. The average Bonchev–Trinajstić information content (AvgIpc) is 2.80. The molecule has 0 amide bonds. The lowest BCUT2D eigenvalue weighted by Gasteiger charge is -2.42. The van der Waals surface area contributed by atoms with Crippen LogP contribution in [0.2, 0.25) is 0 Å². The van der Waals surface area contributed by atoms with Crippen molar-refractivity contribution < 1.29 is 23.6 Å². The highest BCUT2D eigenvalue weighted by atomic mass is 32.3. The minimum atomic E-state index is -2.83. The second-order valence-electron chi connectivity index (χ2n) is 8.12. The van der Waals surface area contributed by atoms with Gasteiger partial charge in [0.05, 0.1) is 26.7 Å². The number of carbonyl (C=O) groups excluding carboxylic acids is 1. The quantitative estimate of drug-likeness (QED) is 0.343. The van der Waals surface area contributed by atoms with E-state index < -0.39 is 16.0 Å². The zero-order valence-corrected chi connectivity index (χ0v) is 19.7. The van der Waals surface area contributed by atoms with Crippen LogP contribution in [0.5, 0.6) is 11.5 Å². The molecular weight excluding hydrogens is 426 g/mol. The van der Waals surface area contributed by atoms with Gasteiger partial charge in [-0.2, -0.15) is 0 Å². The average molecular weight is 456 g/mol. The second kappa shape index (κ2) is 8.71. The monoisotopic (exact) mass is 455 g/mol. The third-order valence-electron chi connectivity index (χ3n) is 6.46. The van der Waals surface area contributed by atoms with Gasteiger partial charge in [0.25, 0.3) is 0 Å². The first kappa shape index (κ1) is 22.6. The number of methoxy groups -OCH3 is 2. The van der Waals surface area contributed by atoms with Crippen molar-refractivity contribution in [3.63, 3.8) is 0 Å². The molecule has 1 unspecified atom stereocenters. The summed E-state index contributed by atoms with van der Waals surface area (Å²) in [4.78, 5) is 13.7. The van der Waals surface area contributed by atoms with E-state index in [1.807, 2.05) is 43.3 Å². The zero-order chi connectivity index (χ0) is 23.0. The summed E-state index contributed by atoms with van der Waals surface area (Å²) in [5, 5.41) is 0. The van der Waals surface area contributed by atoms with Crippen LogP contribution >= 0.6 is 0 Å². The van der Waals surface area contributed by atoms with E-state index in [2.05, 4.69) is 6.58 Å². The smallest absolute Gasteiger partial charge is 0.309 e. The fourth-order valence-electron chi connectivity index (χ4n) is 5.09. The summed E-state index contributed by atoms with van der Waals surface area (Å²) in [7, 11) is 0.373. The van der Waals surface area contributed by atoms with Crippen LogP contribution in [0.4, 0.5) is 5.69 Å². The summed E-state index contributed by atoms with van der Waals surface area (Å²) in [5.41, 5.74) is 3.17. The number of carbonyl (C=O) groups is 1. The molecule has 0 fully saturated rings. The van der Waals surface area contributed by atoms with Crippen molar-refractivity contribution in [1.82, 2.24) is 0 Å². The topological polar surface area (TPSA) is 80.2 Å². The Labute approximate surface area is 190 Å². The predicted octanol–water partition coefficient (Wildman–Crippen LogP) is 5.12. The van der Waals surface area contributed by atoms with Gasteiger partial charge < -0.3 is 18.8 Å². The van der Waals surface area contributed by atoms with Gasteiger partial charge in [0.1, 0.15) is 16.4 Å². The molecular formula is C25H29NO5S. The minimum Gasteiger partial charge on any atom is -0.626 e. The third-order valence-corrected chi connectivity index (χ3v) is 8.76. The first-order valence-electron chi connectivity index (χ1n) is 10.8. The van der Waals surface area contributed by atoms with Crippen LogP contribution < -0.4 is 9.47 Å². The third kappa shape index (κ3) is 3.44. The van der Waals surface area contributed by atoms with Gasteiger partial charge in [-0.05, 0) is 42.5 Å². The highest BCUT2D eigenvalue weighted by molar-refractivity contribution is 8.00. The number of nitrogens with zero attached hydrogens (tertiary/aromatic N) is 1. The van der Waals surface area contributed by atoms with Crippen molar-refractivity contribution in [1.29, 1.82) is 0 Å². The van der Waals surface area contributed by atoms with Crippen molar-refractivity contribution in [3.8, 4) is 11.5 Å². The van der Waals surface area contributed by atoms with Crippen LogP contribution in [0.3, 0.4) is 0 Å². The van der Waals surface area contributed by atoms with Crippen molar-refractivity contribution in [2.75, 3.05) is 26.6 Å². The number of hydrogen-bond donors (Lipinski definition) is 0. The molecule has 6 nitrogen and oxygen atoms in total. The summed E-state index contributed by atoms with van der Waals surface area (Å²) in [6.45, 7) is 8.02. The molecule has 4 atom stereocenters. The zero-order valence-electron chi connectivity index (χ0n) is 18.9. The van der Waals surface area contributed by atoms with E-state index in [-0.39, 0.29) is 23.6 Å². The summed E-state index contributed by atoms with van der Waals surface area (Å²) in [6.07, 6.45) is 2.36. The van der Waals surface area contributed by atoms with Gasteiger partial charge in [0.15, 0.2) is 11.4 Å². The van der Waals surface area contributed by atoms with Gasteiger partial charge in [-0.15, -0.1) is 6.58 Å². The Bertz CT molecular complexity index is 1110. The van der Waals surface area contributed by atoms with Crippen molar-refractivity contribution in [3.05, 3.63) is 59.7 Å². The Morgan fingerprint density at radius 3 is 2.50 bits per heavy atom. The van der Waals surface area contributed by atoms with Gasteiger partial charge in [-0.25, -0.2) is 0 Å². The van der Waals surface area contributed by atoms with Crippen molar-refractivity contribution in [2.24, 2.45) is 10.3 Å². The molecule has 7 heteroatoms. The Kier molecular flexibility index (Phi) is 6.14. The molecule has 1 aliphatic heterocycles. The second-order valence-corrected chi connectivity index (χ2v) is 10.4. The lowest BCUT2D eigenvalue weighted by Crippen LogP contribution is -2.38. The van der Waals surface area contributed by atoms with E-state index in [0.717, 1.165) is 16.7 Å². The number of hydrogen-bond acceptors (Lipinski definition) is 6. The van der Waals surface area contributed by atoms with Gasteiger partial charge in [0.2, 0.25) is 0 Å². The minimum absolute atomic E-state index is 0.116. The van der Waals surface area contributed by atoms with Crippen molar-refractivity contribution in [2.45, 2.75) is 37.0 Å². The van der Waals surface area contributed by atoms with Crippen LogP contribution in [0, 0.1) is 12.8 Å². The largest absolute Gasteiger partial charge is 0.626 e. The first-order valence-corrected chi connectivity index (χ1v) is 12.5. The fraction of sp³-hybridized carbons (Fsp3) is 0.400. The van der Waals surface area contributed by atoms with E-state index in [4.69, 9.17) is 18.6 Å². The molecule has 170 valence electrons. The standard InChI is InChI=1S/C25H29NO5S/c1-6-16-13-18(25(27)31-7-2)19-14-32(28,17-11-9-8-10-12-17)26-22-21(19)20(16)23(29-4)15(3)24(22)30-5/h6,8-12,16,18-19H,1,7,13-14H2,2-5H3/t16-,18-,19+,32?/m1/s1. The van der Waals surface area contributed by atoms with E-state index >= 15 is 0 Å². The molecule has 4 rings (SSSR count). The maximum atomic E-state index is 14.3. The maximum Gasteiger partial charge on any atom is 0.309 e. The lowest BCUT2D eigenvalue weighted by molar-refractivity contribution is -0.149. The summed E-state index contributed by atoms with van der Waals surface area (Å²) >= 11 is 0.